The van der Waals surface area contributed by atoms with Gasteiger partial charge in [0.15, 0.2) is 0 Å². The normalized spacial score (nSPS) is 29.2. The topological polar surface area (TPSA) is 122 Å². The molecular formula is C20H23FN4O4. The molecule has 0 aromatic heterocycles. The average Bonchev–Trinajstić information content (AvgIpc) is 3.19. The number of carbonyl (C=O) groups is 4. The molecule has 9 heteroatoms. The van der Waals surface area contributed by atoms with E-state index in [-0.39, 0.29) is 36.4 Å². The summed E-state index contributed by atoms with van der Waals surface area (Å²) in [7, 11) is 0. The van der Waals surface area contributed by atoms with Crippen molar-refractivity contribution in [3.8, 4) is 0 Å². The van der Waals surface area contributed by atoms with Crippen LogP contribution in [0.2, 0.25) is 0 Å². The van der Waals surface area contributed by atoms with E-state index in [2.05, 4.69) is 10.6 Å². The second-order valence-electron chi connectivity index (χ2n) is 8.05. The van der Waals surface area contributed by atoms with E-state index in [9.17, 15) is 23.6 Å². The van der Waals surface area contributed by atoms with E-state index in [1.807, 2.05) is 0 Å². The molecule has 1 aromatic rings. The highest BCUT2D eigenvalue weighted by Crippen LogP contribution is 2.37. The Bertz CT molecular complexity index is 904. The zero-order valence-corrected chi connectivity index (χ0v) is 15.9. The molecule has 1 saturated heterocycles. The maximum Gasteiger partial charge on any atom is 0.262 e. The van der Waals surface area contributed by atoms with Crippen LogP contribution in [0.3, 0.4) is 0 Å². The van der Waals surface area contributed by atoms with Gasteiger partial charge in [0.25, 0.3) is 11.8 Å². The fourth-order valence-corrected chi connectivity index (χ4v) is 4.39. The molecule has 3 atom stereocenters. The number of anilines is 1. The molecule has 3 aliphatic rings. The average molecular weight is 402 g/mol. The highest BCUT2D eigenvalue weighted by atomic mass is 19.1. The van der Waals surface area contributed by atoms with Crippen LogP contribution >= 0.6 is 0 Å². The number of rotatable bonds is 5. The van der Waals surface area contributed by atoms with Crippen molar-refractivity contribution in [2.45, 2.75) is 43.8 Å². The van der Waals surface area contributed by atoms with Crippen LogP contribution in [-0.4, -0.2) is 53.3 Å². The van der Waals surface area contributed by atoms with Crippen molar-refractivity contribution >= 4 is 29.3 Å². The third kappa shape index (κ3) is 3.50. The molecular weight excluding hydrogens is 379 g/mol. The number of hydrogen-bond donors (Lipinski definition) is 3. The number of nitrogens with one attached hydrogen (secondary N) is 2. The van der Waals surface area contributed by atoms with Crippen LogP contribution < -0.4 is 16.4 Å². The van der Waals surface area contributed by atoms with Crippen molar-refractivity contribution in [1.29, 1.82) is 0 Å². The van der Waals surface area contributed by atoms with E-state index in [0.29, 0.717) is 25.1 Å². The Morgan fingerprint density at radius 1 is 1.17 bits per heavy atom. The van der Waals surface area contributed by atoms with Gasteiger partial charge in [0.2, 0.25) is 11.8 Å². The lowest BCUT2D eigenvalue weighted by Crippen LogP contribution is -2.54. The summed E-state index contributed by atoms with van der Waals surface area (Å²) in [4.78, 5) is 49.9. The number of hydrogen-bond acceptors (Lipinski definition) is 6. The molecule has 2 aliphatic heterocycles. The molecule has 2 heterocycles. The second-order valence-corrected chi connectivity index (χ2v) is 8.05. The monoisotopic (exact) mass is 402 g/mol. The predicted molar refractivity (Wildman–Crippen MR) is 102 cm³/mol. The Morgan fingerprint density at radius 3 is 2.62 bits per heavy atom. The summed E-state index contributed by atoms with van der Waals surface area (Å²) in [6.07, 6.45) is 1.80. The van der Waals surface area contributed by atoms with Crippen LogP contribution in [0.4, 0.5) is 10.1 Å². The van der Waals surface area contributed by atoms with E-state index in [0.717, 1.165) is 11.3 Å². The van der Waals surface area contributed by atoms with Gasteiger partial charge in [-0.1, -0.05) is 0 Å². The number of piperidine rings is 1. The van der Waals surface area contributed by atoms with Gasteiger partial charge in [0.05, 0.1) is 11.1 Å². The standard InChI is InChI=1S/C20H23FN4O4/c21-20(10-22)6-5-11(8-20)9-23-12-1-2-13-14(7-12)19(29)25(18(13)28)15-3-4-16(26)24-17(15)27/h1-2,7,11,15,23H,3-6,8-10,22H2,(H,24,26,27)/t11-,15?,20+/m0/s1. The summed E-state index contributed by atoms with van der Waals surface area (Å²) < 4.78 is 14.3. The third-order valence-corrected chi connectivity index (χ3v) is 6.06. The summed E-state index contributed by atoms with van der Waals surface area (Å²) in [5.41, 5.74) is 5.31. The number of carbonyl (C=O) groups excluding carboxylic acids is 4. The first-order valence-corrected chi connectivity index (χ1v) is 9.80. The highest BCUT2D eigenvalue weighted by Gasteiger charge is 2.44. The van der Waals surface area contributed by atoms with Gasteiger partial charge in [0.1, 0.15) is 11.7 Å². The van der Waals surface area contributed by atoms with Gasteiger partial charge in [-0.2, -0.15) is 0 Å². The quantitative estimate of drug-likeness (QED) is 0.631. The summed E-state index contributed by atoms with van der Waals surface area (Å²) in [5.74, 6) is -1.98. The zero-order chi connectivity index (χ0) is 20.8. The smallest absolute Gasteiger partial charge is 0.262 e. The van der Waals surface area contributed by atoms with E-state index in [1.54, 1.807) is 18.2 Å². The molecule has 4 N–H and O–H groups in total. The molecule has 1 aromatic carbocycles. The maximum absolute atomic E-state index is 14.3. The lowest BCUT2D eigenvalue weighted by molar-refractivity contribution is -0.136. The summed E-state index contributed by atoms with van der Waals surface area (Å²) in [6.45, 7) is 0.568. The fraction of sp³-hybridized carbons (Fsp3) is 0.500. The van der Waals surface area contributed by atoms with Gasteiger partial charge in [0, 0.05) is 25.2 Å². The lowest BCUT2D eigenvalue weighted by atomic mass is 10.0. The molecule has 0 spiro atoms. The number of halogens is 1. The van der Waals surface area contributed by atoms with Crippen molar-refractivity contribution in [2.24, 2.45) is 11.7 Å². The molecule has 1 unspecified atom stereocenters. The number of fused-ring (bicyclic) bond motifs is 1. The van der Waals surface area contributed by atoms with Crippen molar-refractivity contribution in [3.05, 3.63) is 29.3 Å². The molecule has 0 radical (unpaired) electrons. The van der Waals surface area contributed by atoms with Crippen molar-refractivity contribution in [3.63, 3.8) is 0 Å². The molecule has 154 valence electrons. The number of benzene rings is 1. The molecule has 2 fully saturated rings. The Balaban J connectivity index is 1.46. The fourth-order valence-electron chi connectivity index (χ4n) is 4.39. The van der Waals surface area contributed by atoms with Crippen LogP contribution in [0.15, 0.2) is 18.2 Å². The molecule has 4 rings (SSSR count). The van der Waals surface area contributed by atoms with Gasteiger partial charge in [-0.25, -0.2) is 4.39 Å². The Labute approximate surface area is 167 Å². The first-order chi connectivity index (χ1) is 13.8. The minimum Gasteiger partial charge on any atom is -0.385 e. The largest absolute Gasteiger partial charge is 0.385 e. The van der Waals surface area contributed by atoms with Gasteiger partial charge in [-0.3, -0.25) is 29.4 Å². The predicted octanol–water partition coefficient (Wildman–Crippen LogP) is 0.967. The number of nitrogens with zero attached hydrogens (tertiary/aromatic N) is 1. The molecule has 4 amide bonds. The lowest BCUT2D eigenvalue weighted by Gasteiger charge is -2.27. The Morgan fingerprint density at radius 2 is 1.93 bits per heavy atom. The SMILES string of the molecule is NC[C@@]1(F)CC[C@H](CNc2ccc3c(c2)C(=O)N(C2CCC(=O)NC2=O)C3=O)C1. The Kier molecular flexibility index (Phi) is 4.85. The van der Waals surface area contributed by atoms with Crippen LogP contribution in [0, 0.1) is 5.92 Å². The number of amides is 4. The summed E-state index contributed by atoms with van der Waals surface area (Å²) in [5, 5.41) is 5.38. The van der Waals surface area contributed by atoms with Crippen molar-refractivity contribution in [1.82, 2.24) is 10.2 Å². The summed E-state index contributed by atoms with van der Waals surface area (Å²) >= 11 is 0. The van der Waals surface area contributed by atoms with Crippen LogP contribution in [-0.2, 0) is 9.59 Å². The van der Waals surface area contributed by atoms with Crippen LogP contribution in [0.1, 0.15) is 52.8 Å². The first-order valence-electron chi connectivity index (χ1n) is 9.80. The highest BCUT2D eigenvalue weighted by molar-refractivity contribution is 6.23. The van der Waals surface area contributed by atoms with E-state index in [1.165, 1.54) is 0 Å². The second kappa shape index (κ2) is 7.22. The van der Waals surface area contributed by atoms with Crippen LogP contribution in [0.25, 0.3) is 0 Å². The van der Waals surface area contributed by atoms with Crippen molar-refractivity contribution in [2.75, 3.05) is 18.4 Å². The van der Waals surface area contributed by atoms with Crippen molar-refractivity contribution < 1.29 is 23.6 Å². The van der Waals surface area contributed by atoms with Gasteiger partial charge in [-0.05, 0) is 49.8 Å². The van der Waals surface area contributed by atoms with E-state index >= 15 is 0 Å². The Hall–Kier alpha value is -2.81. The number of imide groups is 2. The minimum atomic E-state index is -1.30. The van der Waals surface area contributed by atoms with Gasteiger partial charge >= 0.3 is 0 Å². The van der Waals surface area contributed by atoms with Gasteiger partial charge < -0.3 is 11.1 Å². The first kappa shape index (κ1) is 19.5. The maximum atomic E-state index is 14.3. The number of alkyl halides is 1. The summed E-state index contributed by atoms with van der Waals surface area (Å²) in [6, 6.07) is 3.85. The number of nitrogens with two attached hydrogens (primary N) is 1. The minimum absolute atomic E-state index is 0.0230. The third-order valence-electron chi connectivity index (χ3n) is 6.06. The molecule has 1 saturated carbocycles. The van der Waals surface area contributed by atoms with Crippen LogP contribution in [0.5, 0.6) is 0 Å². The zero-order valence-electron chi connectivity index (χ0n) is 15.9. The van der Waals surface area contributed by atoms with E-state index < -0.39 is 35.3 Å². The van der Waals surface area contributed by atoms with Gasteiger partial charge in [-0.15, -0.1) is 0 Å². The molecule has 29 heavy (non-hydrogen) atoms. The van der Waals surface area contributed by atoms with E-state index in [4.69, 9.17) is 5.73 Å². The molecule has 8 nitrogen and oxygen atoms in total. The molecule has 0 bridgehead atoms. The molecule has 1 aliphatic carbocycles.